The van der Waals surface area contributed by atoms with Gasteiger partial charge >= 0.3 is 0 Å². The Balaban J connectivity index is 2.50. The maximum absolute atomic E-state index is 11.1. The fourth-order valence-electron chi connectivity index (χ4n) is 2.07. The van der Waals surface area contributed by atoms with E-state index >= 15 is 0 Å². The molecule has 0 unspecified atom stereocenters. The number of ketones is 1. The Hall–Kier alpha value is -0.590. The Morgan fingerprint density at radius 3 is 2.91 bits per heavy atom. The Labute approximate surface area is 68.5 Å². The number of rotatable bonds is 3. The molecule has 11 heavy (non-hydrogen) atoms. The molecule has 1 nitrogen and oxygen atoms in total. The van der Waals surface area contributed by atoms with Gasteiger partial charge in [-0.15, -0.1) is 6.58 Å². The summed E-state index contributed by atoms with van der Waals surface area (Å²) in [6.07, 6.45) is 6.50. The van der Waals surface area contributed by atoms with Gasteiger partial charge in [-0.05, 0) is 32.1 Å². The van der Waals surface area contributed by atoms with E-state index in [4.69, 9.17) is 0 Å². The van der Waals surface area contributed by atoms with E-state index in [1.165, 1.54) is 12.8 Å². The molecule has 0 N–H and O–H groups in total. The average molecular weight is 152 g/mol. The molecular weight excluding hydrogens is 136 g/mol. The van der Waals surface area contributed by atoms with Crippen molar-refractivity contribution in [2.45, 2.75) is 32.6 Å². The normalized spacial score (nSPS) is 30.3. The maximum Gasteiger partial charge on any atom is 0.133 e. The summed E-state index contributed by atoms with van der Waals surface area (Å²) in [5.41, 5.74) is 0. The molecule has 1 aliphatic carbocycles. The second kappa shape index (κ2) is 3.70. The Kier molecular flexibility index (Phi) is 2.86. The lowest BCUT2D eigenvalue weighted by Gasteiger charge is -2.13. The lowest BCUT2D eigenvalue weighted by atomic mass is 9.90. The van der Waals surface area contributed by atoms with Crippen LogP contribution in [-0.4, -0.2) is 5.78 Å². The van der Waals surface area contributed by atoms with Crippen molar-refractivity contribution in [1.82, 2.24) is 0 Å². The molecule has 62 valence electrons. The number of Topliss-reactive ketones (excluding diaryl/α,β-unsaturated/α-hetero) is 1. The predicted octanol–water partition coefficient (Wildman–Crippen LogP) is 2.57. The first kappa shape index (κ1) is 8.51. The minimum Gasteiger partial charge on any atom is -0.300 e. The lowest BCUT2D eigenvalue weighted by Crippen LogP contribution is -2.15. The van der Waals surface area contributed by atoms with E-state index in [-0.39, 0.29) is 0 Å². The zero-order valence-electron chi connectivity index (χ0n) is 7.18. The van der Waals surface area contributed by atoms with Crippen molar-refractivity contribution in [3.05, 3.63) is 12.7 Å². The molecule has 0 amide bonds. The van der Waals surface area contributed by atoms with E-state index in [1.807, 2.05) is 6.08 Å². The zero-order chi connectivity index (χ0) is 8.27. The summed E-state index contributed by atoms with van der Waals surface area (Å²) in [5.74, 6) is 1.31. The van der Waals surface area contributed by atoms with Gasteiger partial charge in [-0.2, -0.15) is 0 Å². The number of carbonyl (C=O) groups is 1. The summed E-state index contributed by atoms with van der Waals surface area (Å²) >= 11 is 0. The zero-order valence-corrected chi connectivity index (χ0v) is 7.18. The topological polar surface area (TPSA) is 17.1 Å². The van der Waals surface area contributed by atoms with Crippen LogP contribution in [0.25, 0.3) is 0 Å². The summed E-state index contributed by atoms with van der Waals surface area (Å²) in [6.45, 7) is 5.42. The number of allylic oxidation sites excluding steroid dienone is 1. The monoisotopic (exact) mass is 152 g/mol. The molecule has 1 aliphatic rings. The van der Waals surface area contributed by atoms with Crippen LogP contribution < -0.4 is 0 Å². The predicted molar refractivity (Wildman–Crippen MR) is 46.3 cm³/mol. The highest BCUT2D eigenvalue weighted by atomic mass is 16.1. The lowest BCUT2D eigenvalue weighted by molar-refractivity contribution is -0.121. The molecule has 0 radical (unpaired) electrons. The Morgan fingerprint density at radius 2 is 2.36 bits per heavy atom. The summed E-state index contributed by atoms with van der Waals surface area (Å²) < 4.78 is 0. The van der Waals surface area contributed by atoms with Gasteiger partial charge in [0.15, 0.2) is 0 Å². The van der Waals surface area contributed by atoms with Gasteiger partial charge in [0.2, 0.25) is 0 Å². The molecule has 1 rings (SSSR count). The molecule has 1 heteroatoms. The van der Waals surface area contributed by atoms with Crippen molar-refractivity contribution in [2.24, 2.45) is 11.8 Å². The van der Waals surface area contributed by atoms with Gasteiger partial charge in [0.05, 0.1) is 0 Å². The van der Waals surface area contributed by atoms with Crippen LogP contribution in [0, 0.1) is 11.8 Å². The Bertz CT molecular complexity index is 160. The third-order valence-corrected chi connectivity index (χ3v) is 2.65. The molecule has 0 aromatic rings. The highest BCUT2D eigenvalue weighted by Gasteiger charge is 2.29. The third kappa shape index (κ3) is 1.92. The summed E-state index contributed by atoms with van der Waals surface area (Å²) in [4.78, 5) is 11.1. The summed E-state index contributed by atoms with van der Waals surface area (Å²) in [6, 6.07) is 0. The quantitative estimate of drug-likeness (QED) is 0.568. The van der Waals surface area contributed by atoms with Crippen molar-refractivity contribution in [3.63, 3.8) is 0 Å². The molecule has 0 bridgehead atoms. The minimum atomic E-state index is 0.341. The van der Waals surface area contributed by atoms with E-state index in [1.54, 1.807) is 6.92 Å². The van der Waals surface area contributed by atoms with Crippen LogP contribution in [0.2, 0.25) is 0 Å². The SMILES string of the molecule is C=CC[C@@H]1CCC[C@@H]1C(C)=O. The molecular formula is C10H16O. The molecule has 1 saturated carbocycles. The smallest absolute Gasteiger partial charge is 0.133 e. The molecule has 0 spiro atoms. The van der Waals surface area contributed by atoms with Crippen LogP contribution in [-0.2, 0) is 4.79 Å². The van der Waals surface area contributed by atoms with Gasteiger partial charge in [0.25, 0.3) is 0 Å². The van der Waals surface area contributed by atoms with E-state index in [9.17, 15) is 4.79 Å². The molecule has 0 heterocycles. The largest absolute Gasteiger partial charge is 0.300 e. The Morgan fingerprint density at radius 1 is 1.64 bits per heavy atom. The van der Waals surface area contributed by atoms with Crippen LogP contribution in [0.5, 0.6) is 0 Å². The van der Waals surface area contributed by atoms with Gasteiger partial charge in [-0.1, -0.05) is 12.5 Å². The number of carbonyl (C=O) groups excluding carboxylic acids is 1. The second-order valence-corrected chi connectivity index (χ2v) is 3.43. The van der Waals surface area contributed by atoms with E-state index < -0.39 is 0 Å². The molecule has 1 fully saturated rings. The van der Waals surface area contributed by atoms with Gasteiger partial charge in [0, 0.05) is 5.92 Å². The van der Waals surface area contributed by atoms with E-state index in [0.717, 1.165) is 12.8 Å². The molecule has 0 aromatic heterocycles. The van der Waals surface area contributed by atoms with E-state index in [0.29, 0.717) is 17.6 Å². The highest BCUT2D eigenvalue weighted by molar-refractivity contribution is 5.78. The van der Waals surface area contributed by atoms with Crippen LogP contribution in [0.4, 0.5) is 0 Å². The molecule has 0 saturated heterocycles. The third-order valence-electron chi connectivity index (χ3n) is 2.65. The molecule has 0 aliphatic heterocycles. The fraction of sp³-hybridized carbons (Fsp3) is 0.700. The number of hydrogen-bond acceptors (Lipinski definition) is 1. The van der Waals surface area contributed by atoms with Crippen LogP contribution in [0.15, 0.2) is 12.7 Å². The first-order valence-electron chi connectivity index (χ1n) is 4.37. The summed E-state index contributed by atoms with van der Waals surface area (Å²) in [5, 5.41) is 0. The van der Waals surface area contributed by atoms with Gasteiger partial charge in [0.1, 0.15) is 5.78 Å². The first-order valence-corrected chi connectivity index (χ1v) is 4.37. The van der Waals surface area contributed by atoms with Gasteiger partial charge in [-0.3, -0.25) is 4.79 Å². The average Bonchev–Trinajstić information content (AvgIpc) is 2.36. The van der Waals surface area contributed by atoms with Crippen LogP contribution in [0.1, 0.15) is 32.6 Å². The van der Waals surface area contributed by atoms with Crippen LogP contribution in [0.3, 0.4) is 0 Å². The molecule has 2 atom stereocenters. The van der Waals surface area contributed by atoms with Crippen molar-refractivity contribution < 1.29 is 4.79 Å². The molecule has 0 aromatic carbocycles. The van der Waals surface area contributed by atoms with Crippen molar-refractivity contribution in [3.8, 4) is 0 Å². The maximum atomic E-state index is 11.1. The standard InChI is InChI=1S/C10H16O/c1-3-5-9-6-4-7-10(9)8(2)11/h3,9-10H,1,4-7H2,2H3/t9-,10-/m1/s1. The van der Waals surface area contributed by atoms with Crippen molar-refractivity contribution >= 4 is 5.78 Å². The fourth-order valence-corrected chi connectivity index (χ4v) is 2.07. The second-order valence-electron chi connectivity index (χ2n) is 3.43. The van der Waals surface area contributed by atoms with Gasteiger partial charge < -0.3 is 0 Å². The van der Waals surface area contributed by atoms with Crippen LogP contribution >= 0.6 is 0 Å². The van der Waals surface area contributed by atoms with Crippen molar-refractivity contribution in [1.29, 1.82) is 0 Å². The van der Waals surface area contributed by atoms with Crippen molar-refractivity contribution in [2.75, 3.05) is 0 Å². The van der Waals surface area contributed by atoms with E-state index in [2.05, 4.69) is 6.58 Å². The minimum absolute atomic E-state index is 0.341. The first-order chi connectivity index (χ1) is 5.25. The van der Waals surface area contributed by atoms with Gasteiger partial charge in [-0.25, -0.2) is 0 Å². The number of hydrogen-bond donors (Lipinski definition) is 0. The summed E-state index contributed by atoms with van der Waals surface area (Å²) in [7, 11) is 0. The highest BCUT2D eigenvalue weighted by Crippen LogP contribution is 2.34.